The van der Waals surface area contributed by atoms with Gasteiger partial charge in [-0.2, -0.15) is 18.3 Å². The molecule has 1 aromatic heterocycles. The van der Waals surface area contributed by atoms with Gasteiger partial charge >= 0.3 is 6.18 Å². The highest BCUT2D eigenvalue weighted by Gasteiger charge is 2.40. The molecule has 0 spiro atoms. The minimum atomic E-state index is -4.67. The molecule has 0 aliphatic rings. The average molecular weight is 257 g/mol. The van der Waals surface area contributed by atoms with Crippen LogP contribution in [0.25, 0.3) is 0 Å². The number of hydrogen-bond acceptors (Lipinski definition) is 2. The maximum atomic E-state index is 12.5. The molecule has 1 atom stereocenters. The summed E-state index contributed by atoms with van der Waals surface area (Å²) in [6, 6.07) is 0. The van der Waals surface area contributed by atoms with E-state index in [4.69, 9.17) is 5.73 Å². The second-order valence-corrected chi connectivity index (χ2v) is 4.16. The van der Waals surface area contributed by atoms with Crippen LogP contribution in [0.4, 0.5) is 22.0 Å². The van der Waals surface area contributed by atoms with Gasteiger partial charge in [-0.1, -0.05) is 0 Å². The first kappa shape index (κ1) is 13.9. The van der Waals surface area contributed by atoms with Gasteiger partial charge in [0.1, 0.15) is 0 Å². The van der Waals surface area contributed by atoms with Gasteiger partial charge < -0.3 is 5.73 Å². The van der Waals surface area contributed by atoms with Gasteiger partial charge in [-0.25, -0.2) is 8.78 Å². The summed E-state index contributed by atoms with van der Waals surface area (Å²) in [7, 11) is 1.29. The molecule has 1 aromatic rings. The molecule has 0 aliphatic heterocycles. The molecule has 1 heterocycles. The second-order valence-electron chi connectivity index (χ2n) is 4.16. The first-order valence-corrected chi connectivity index (χ1v) is 4.71. The van der Waals surface area contributed by atoms with E-state index < -0.39 is 30.3 Å². The first-order chi connectivity index (χ1) is 7.54. The molecule has 0 aliphatic carbocycles. The largest absolute Gasteiger partial charge is 0.435 e. The van der Waals surface area contributed by atoms with E-state index in [-0.39, 0.29) is 5.56 Å². The van der Waals surface area contributed by atoms with E-state index in [2.05, 4.69) is 5.10 Å². The van der Waals surface area contributed by atoms with Crippen molar-refractivity contribution in [3.05, 3.63) is 17.5 Å². The third-order valence-corrected chi connectivity index (χ3v) is 2.24. The maximum Gasteiger partial charge on any atom is 0.435 e. The molecule has 98 valence electrons. The Labute approximate surface area is 94.4 Å². The van der Waals surface area contributed by atoms with E-state index in [0.29, 0.717) is 0 Å². The van der Waals surface area contributed by atoms with Crippen molar-refractivity contribution in [1.82, 2.24) is 9.78 Å². The predicted molar refractivity (Wildman–Crippen MR) is 50.5 cm³/mol. The number of aromatic nitrogens is 2. The highest BCUT2D eigenvalue weighted by Crippen LogP contribution is 2.32. The Morgan fingerprint density at radius 2 is 1.94 bits per heavy atom. The third-order valence-electron chi connectivity index (χ3n) is 2.24. The van der Waals surface area contributed by atoms with Gasteiger partial charge in [0, 0.05) is 18.8 Å². The molecule has 0 radical (unpaired) electrons. The summed E-state index contributed by atoms with van der Waals surface area (Å²) in [6.45, 7) is 1.00. The van der Waals surface area contributed by atoms with Crippen molar-refractivity contribution < 1.29 is 22.0 Å². The topological polar surface area (TPSA) is 43.8 Å². The molecule has 8 heteroatoms. The fraction of sp³-hybridized carbons (Fsp3) is 0.667. The smallest absolute Gasteiger partial charge is 0.320 e. The van der Waals surface area contributed by atoms with E-state index >= 15 is 0 Å². The Balaban J connectivity index is 3.07. The molecule has 0 bridgehead atoms. The van der Waals surface area contributed by atoms with Gasteiger partial charge in [-0.05, 0) is 13.3 Å². The van der Waals surface area contributed by atoms with Crippen molar-refractivity contribution in [2.24, 2.45) is 12.8 Å². The predicted octanol–water partition coefficient (Wildman–Crippen LogP) is 1.96. The number of nitrogens with zero attached hydrogens (tertiary/aromatic N) is 2. The molecule has 3 nitrogen and oxygen atoms in total. The summed E-state index contributed by atoms with van der Waals surface area (Å²) in [5.41, 5.74) is 1.75. The van der Waals surface area contributed by atoms with Crippen LogP contribution in [0.5, 0.6) is 0 Å². The lowest BCUT2D eigenvalue weighted by Gasteiger charge is -2.23. The molecule has 0 fully saturated rings. The van der Waals surface area contributed by atoms with Crippen LogP contribution in [0.2, 0.25) is 0 Å². The van der Waals surface area contributed by atoms with Gasteiger partial charge in [-0.15, -0.1) is 0 Å². The van der Waals surface area contributed by atoms with Gasteiger partial charge in [0.25, 0.3) is 6.43 Å². The van der Waals surface area contributed by atoms with Crippen LogP contribution in [0.15, 0.2) is 6.20 Å². The van der Waals surface area contributed by atoms with Crippen molar-refractivity contribution in [3.8, 4) is 0 Å². The van der Waals surface area contributed by atoms with Crippen LogP contribution in [0.1, 0.15) is 18.2 Å². The average Bonchev–Trinajstić information content (AvgIpc) is 2.44. The van der Waals surface area contributed by atoms with Crippen LogP contribution in [-0.2, 0) is 19.6 Å². The van der Waals surface area contributed by atoms with Crippen molar-refractivity contribution in [2.45, 2.75) is 31.5 Å². The van der Waals surface area contributed by atoms with Crippen molar-refractivity contribution in [1.29, 1.82) is 0 Å². The Kier molecular flexibility index (Phi) is 3.47. The number of rotatable bonds is 3. The lowest BCUT2D eigenvalue weighted by molar-refractivity contribution is -0.142. The lowest BCUT2D eigenvalue weighted by atomic mass is 9.94. The first-order valence-electron chi connectivity index (χ1n) is 4.71. The van der Waals surface area contributed by atoms with Crippen LogP contribution < -0.4 is 5.73 Å². The minimum Gasteiger partial charge on any atom is -0.320 e. The molecule has 17 heavy (non-hydrogen) atoms. The number of aryl methyl sites for hydroxylation is 1. The van der Waals surface area contributed by atoms with Gasteiger partial charge in [-0.3, -0.25) is 4.68 Å². The minimum absolute atomic E-state index is 0.328. The number of alkyl halides is 5. The molecule has 0 amide bonds. The molecule has 0 saturated heterocycles. The Morgan fingerprint density at radius 3 is 2.35 bits per heavy atom. The van der Waals surface area contributed by atoms with Gasteiger partial charge in [0.05, 0.1) is 5.54 Å². The quantitative estimate of drug-likeness (QED) is 0.841. The van der Waals surface area contributed by atoms with E-state index in [1.807, 2.05) is 0 Å². The molecular formula is C9H12F5N3. The fourth-order valence-electron chi connectivity index (χ4n) is 1.39. The summed E-state index contributed by atoms with van der Waals surface area (Å²) < 4.78 is 63.5. The monoisotopic (exact) mass is 257 g/mol. The standard InChI is InChI=1S/C9H12F5N3/c1-8(15,7(10)11)3-5-4-17(2)16-6(5)9(12,13)14/h4,7H,3,15H2,1-2H3. The zero-order valence-electron chi connectivity index (χ0n) is 9.22. The SMILES string of the molecule is Cn1cc(CC(C)(N)C(F)F)c(C(F)(F)F)n1. The summed E-state index contributed by atoms with van der Waals surface area (Å²) in [6.07, 6.45) is -7.12. The summed E-state index contributed by atoms with van der Waals surface area (Å²) in [5.74, 6) is 0. The lowest BCUT2D eigenvalue weighted by Crippen LogP contribution is -2.46. The third kappa shape index (κ3) is 3.15. The zero-order valence-corrected chi connectivity index (χ0v) is 9.22. The van der Waals surface area contributed by atoms with Crippen molar-refractivity contribution >= 4 is 0 Å². The molecule has 1 rings (SSSR count). The highest BCUT2D eigenvalue weighted by atomic mass is 19.4. The van der Waals surface area contributed by atoms with Crippen LogP contribution in [-0.4, -0.2) is 21.7 Å². The molecule has 1 unspecified atom stereocenters. The fourth-order valence-corrected chi connectivity index (χ4v) is 1.39. The van der Waals surface area contributed by atoms with Crippen LogP contribution in [0.3, 0.4) is 0 Å². The maximum absolute atomic E-state index is 12.5. The number of hydrogen-bond donors (Lipinski definition) is 1. The Morgan fingerprint density at radius 1 is 1.41 bits per heavy atom. The normalized spacial score (nSPS) is 16.3. The summed E-state index contributed by atoms with van der Waals surface area (Å²) in [5, 5.41) is 3.22. The summed E-state index contributed by atoms with van der Waals surface area (Å²) in [4.78, 5) is 0. The Hall–Kier alpha value is -1.18. The molecule has 0 saturated carbocycles. The number of halogens is 5. The van der Waals surface area contributed by atoms with Crippen LogP contribution in [0, 0.1) is 0 Å². The van der Waals surface area contributed by atoms with Gasteiger partial charge in [0.15, 0.2) is 5.69 Å². The van der Waals surface area contributed by atoms with Crippen molar-refractivity contribution in [2.75, 3.05) is 0 Å². The van der Waals surface area contributed by atoms with Gasteiger partial charge in [0.2, 0.25) is 0 Å². The molecule has 0 aromatic carbocycles. The number of nitrogens with two attached hydrogens (primary N) is 1. The molecule has 2 N–H and O–H groups in total. The van der Waals surface area contributed by atoms with Crippen molar-refractivity contribution in [3.63, 3.8) is 0 Å². The van der Waals surface area contributed by atoms with E-state index in [1.165, 1.54) is 7.05 Å². The zero-order chi connectivity index (χ0) is 13.4. The Bertz CT molecular complexity index is 394. The van der Waals surface area contributed by atoms with E-state index in [1.54, 1.807) is 0 Å². The molecular weight excluding hydrogens is 245 g/mol. The van der Waals surface area contributed by atoms with E-state index in [0.717, 1.165) is 17.8 Å². The van der Waals surface area contributed by atoms with Crippen LogP contribution >= 0.6 is 0 Å². The highest BCUT2D eigenvalue weighted by molar-refractivity contribution is 5.22. The van der Waals surface area contributed by atoms with E-state index in [9.17, 15) is 22.0 Å². The second kappa shape index (κ2) is 4.25. The summed E-state index contributed by atoms with van der Waals surface area (Å²) >= 11 is 0.